The van der Waals surface area contributed by atoms with Gasteiger partial charge in [-0.15, -0.1) is 0 Å². The summed E-state index contributed by atoms with van der Waals surface area (Å²) in [4.78, 5) is 24.6. The zero-order chi connectivity index (χ0) is 16.0. The summed E-state index contributed by atoms with van der Waals surface area (Å²) in [5, 5.41) is 9.14. The van der Waals surface area contributed by atoms with Gasteiger partial charge in [0.1, 0.15) is 19.0 Å². The molecule has 6 nitrogen and oxygen atoms in total. The van der Waals surface area contributed by atoms with Gasteiger partial charge in [0.15, 0.2) is 0 Å². The molecule has 1 amide bonds. The average Bonchev–Trinajstić information content (AvgIpc) is 2.92. The third-order valence-electron chi connectivity index (χ3n) is 3.81. The van der Waals surface area contributed by atoms with E-state index < -0.39 is 11.4 Å². The van der Waals surface area contributed by atoms with Crippen LogP contribution in [0, 0.1) is 5.41 Å². The lowest BCUT2D eigenvalue weighted by Crippen LogP contribution is -2.36. The van der Waals surface area contributed by atoms with Crippen LogP contribution >= 0.6 is 0 Å². The SMILES string of the molecule is C[C@]1(C(=O)O)CCN(C(=O)COCCOc2ccccc2)C1. The highest BCUT2D eigenvalue weighted by Crippen LogP contribution is 2.29. The highest BCUT2D eigenvalue weighted by molar-refractivity contribution is 5.81. The Labute approximate surface area is 129 Å². The summed E-state index contributed by atoms with van der Waals surface area (Å²) in [7, 11) is 0. The van der Waals surface area contributed by atoms with E-state index in [-0.39, 0.29) is 19.1 Å². The van der Waals surface area contributed by atoms with E-state index in [0.717, 1.165) is 5.75 Å². The van der Waals surface area contributed by atoms with Gasteiger partial charge in [-0.05, 0) is 25.5 Å². The molecule has 6 heteroatoms. The Morgan fingerprint density at radius 1 is 1.27 bits per heavy atom. The van der Waals surface area contributed by atoms with Gasteiger partial charge in [-0.1, -0.05) is 18.2 Å². The Kier molecular flexibility index (Phi) is 5.38. The first kappa shape index (κ1) is 16.3. The molecule has 1 aliphatic rings. The molecule has 1 heterocycles. The predicted molar refractivity (Wildman–Crippen MR) is 79.7 cm³/mol. The van der Waals surface area contributed by atoms with Crippen LogP contribution in [0.5, 0.6) is 5.75 Å². The van der Waals surface area contributed by atoms with E-state index in [1.807, 2.05) is 30.3 Å². The molecular weight excluding hydrogens is 286 g/mol. The summed E-state index contributed by atoms with van der Waals surface area (Å²) >= 11 is 0. The molecule has 2 rings (SSSR count). The number of hydrogen-bond donors (Lipinski definition) is 1. The quantitative estimate of drug-likeness (QED) is 0.771. The molecule has 22 heavy (non-hydrogen) atoms. The molecule has 1 fully saturated rings. The Morgan fingerprint density at radius 2 is 2.00 bits per heavy atom. The second kappa shape index (κ2) is 7.26. The van der Waals surface area contributed by atoms with Crippen molar-refractivity contribution in [1.82, 2.24) is 4.90 Å². The van der Waals surface area contributed by atoms with Crippen molar-refractivity contribution in [2.24, 2.45) is 5.41 Å². The fourth-order valence-electron chi connectivity index (χ4n) is 2.33. The van der Waals surface area contributed by atoms with Crippen molar-refractivity contribution in [2.75, 3.05) is 32.9 Å². The second-order valence-electron chi connectivity index (χ2n) is 5.65. The molecule has 0 radical (unpaired) electrons. The van der Waals surface area contributed by atoms with Crippen LogP contribution in [0.1, 0.15) is 13.3 Å². The number of benzene rings is 1. The third-order valence-corrected chi connectivity index (χ3v) is 3.81. The van der Waals surface area contributed by atoms with Crippen LogP contribution in [0.3, 0.4) is 0 Å². The molecule has 1 aromatic rings. The first-order chi connectivity index (χ1) is 10.5. The first-order valence-corrected chi connectivity index (χ1v) is 7.28. The molecule has 1 saturated heterocycles. The lowest BCUT2D eigenvalue weighted by molar-refractivity contribution is -0.147. The highest BCUT2D eigenvalue weighted by Gasteiger charge is 2.41. The normalized spacial score (nSPS) is 20.9. The lowest BCUT2D eigenvalue weighted by atomic mass is 9.90. The Bertz CT molecular complexity index is 519. The van der Waals surface area contributed by atoms with Gasteiger partial charge < -0.3 is 19.5 Å². The van der Waals surface area contributed by atoms with Crippen LogP contribution in [-0.4, -0.2) is 54.8 Å². The van der Waals surface area contributed by atoms with E-state index in [1.54, 1.807) is 11.8 Å². The predicted octanol–water partition coefficient (Wildman–Crippen LogP) is 1.41. The van der Waals surface area contributed by atoms with E-state index in [4.69, 9.17) is 14.6 Å². The topological polar surface area (TPSA) is 76.1 Å². The maximum atomic E-state index is 12.0. The van der Waals surface area contributed by atoms with Crippen LogP contribution in [0.25, 0.3) is 0 Å². The zero-order valence-corrected chi connectivity index (χ0v) is 12.7. The number of amides is 1. The zero-order valence-electron chi connectivity index (χ0n) is 12.7. The number of aliphatic carboxylic acids is 1. The van der Waals surface area contributed by atoms with Crippen LogP contribution in [0.2, 0.25) is 0 Å². The van der Waals surface area contributed by atoms with Crippen molar-refractivity contribution in [3.8, 4) is 5.75 Å². The number of hydrogen-bond acceptors (Lipinski definition) is 4. The van der Waals surface area contributed by atoms with Crippen LogP contribution < -0.4 is 4.74 Å². The van der Waals surface area contributed by atoms with Crippen molar-refractivity contribution in [3.63, 3.8) is 0 Å². The Morgan fingerprint density at radius 3 is 2.64 bits per heavy atom. The van der Waals surface area contributed by atoms with Gasteiger partial charge in [0.2, 0.25) is 5.91 Å². The fourth-order valence-corrected chi connectivity index (χ4v) is 2.33. The number of likely N-dealkylation sites (tertiary alicyclic amines) is 1. The van der Waals surface area contributed by atoms with Crippen molar-refractivity contribution < 1.29 is 24.2 Å². The minimum absolute atomic E-state index is 0.0478. The summed E-state index contributed by atoms with van der Waals surface area (Å²) < 4.78 is 10.7. The summed E-state index contributed by atoms with van der Waals surface area (Å²) in [6.45, 7) is 3.00. The van der Waals surface area contributed by atoms with E-state index in [9.17, 15) is 9.59 Å². The summed E-state index contributed by atoms with van der Waals surface area (Å²) in [6.07, 6.45) is 0.477. The summed E-state index contributed by atoms with van der Waals surface area (Å²) in [5.41, 5.74) is -0.841. The Hall–Kier alpha value is -2.08. The number of carbonyl (C=O) groups excluding carboxylic acids is 1. The number of ether oxygens (including phenoxy) is 2. The van der Waals surface area contributed by atoms with Crippen molar-refractivity contribution in [2.45, 2.75) is 13.3 Å². The van der Waals surface area contributed by atoms with Crippen molar-refractivity contribution in [1.29, 1.82) is 0 Å². The van der Waals surface area contributed by atoms with Gasteiger partial charge >= 0.3 is 5.97 Å². The molecule has 120 valence electrons. The molecule has 1 atom stereocenters. The first-order valence-electron chi connectivity index (χ1n) is 7.28. The van der Waals surface area contributed by atoms with Crippen molar-refractivity contribution in [3.05, 3.63) is 30.3 Å². The van der Waals surface area contributed by atoms with E-state index in [1.165, 1.54) is 0 Å². The molecule has 1 aliphatic heterocycles. The maximum Gasteiger partial charge on any atom is 0.311 e. The molecule has 0 aliphatic carbocycles. The maximum absolute atomic E-state index is 12.0. The number of rotatable bonds is 7. The third kappa shape index (κ3) is 4.21. The minimum atomic E-state index is -0.861. The minimum Gasteiger partial charge on any atom is -0.491 e. The van der Waals surface area contributed by atoms with E-state index in [0.29, 0.717) is 26.2 Å². The van der Waals surface area contributed by atoms with Gasteiger partial charge in [-0.2, -0.15) is 0 Å². The van der Waals surface area contributed by atoms with Crippen molar-refractivity contribution >= 4 is 11.9 Å². The lowest BCUT2D eigenvalue weighted by Gasteiger charge is -2.20. The number of carboxylic acids is 1. The highest BCUT2D eigenvalue weighted by atomic mass is 16.5. The second-order valence-corrected chi connectivity index (χ2v) is 5.65. The van der Waals surface area contributed by atoms with Gasteiger partial charge in [-0.3, -0.25) is 9.59 Å². The van der Waals surface area contributed by atoms with Gasteiger partial charge in [-0.25, -0.2) is 0 Å². The van der Waals surface area contributed by atoms with Gasteiger partial charge in [0, 0.05) is 13.1 Å². The van der Waals surface area contributed by atoms with Gasteiger partial charge in [0.05, 0.1) is 12.0 Å². The summed E-state index contributed by atoms with van der Waals surface area (Å²) in [6, 6.07) is 9.37. The molecule has 0 unspecified atom stereocenters. The largest absolute Gasteiger partial charge is 0.491 e. The summed E-state index contributed by atoms with van der Waals surface area (Å²) in [5.74, 6) is -0.279. The molecule has 1 aromatic carbocycles. The average molecular weight is 307 g/mol. The number of para-hydroxylation sites is 1. The fraction of sp³-hybridized carbons (Fsp3) is 0.500. The molecule has 0 bridgehead atoms. The van der Waals surface area contributed by atoms with Crippen LogP contribution in [0.4, 0.5) is 0 Å². The standard InChI is InChI=1S/C16H21NO5/c1-16(15(19)20)7-8-17(12-16)14(18)11-21-9-10-22-13-5-3-2-4-6-13/h2-6H,7-12H2,1H3,(H,19,20)/t16-/m0/s1. The van der Waals surface area contributed by atoms with E-state index >= 15 is 0 Å². The molecule has 0 aromatic heterocycles. The van der Waals surface area contributed by atoms with E-state index in [2.05, 4.69) is 0 Å². The molecular formula is C16H21NO5. The number of carboxylic acid groups (broad SMARTS) is 1. The van der Waals surface area contributed by atoms with Gasteiger partial charge in [0.25, 0.3) is 0 Å². The number of carbonyl (C=O) groups is 2. The monoisotopic (exact) mass is 307 g/mol. The number of nitrogens with zero attached hydrogens (tertiary/aromatic N) is 1. The molecule has 0 spiro atoms. The van der Waals surface area contributed by atoms with Crippen LogP contribution in [-0.2, 0) is 14.3 Å². The Balaban J connectivity index is 1.63. The molecule has 1 N–H and O–H groups in total. The molecule has 0 saturated carbocycles. The van der Waals surface area contributed by atoms with Crippen LogP contribution in [0.15, 0.2) is 30.3 Å². The smallest absolute Gasteiger partial charge is 0.311 e.